The molecule has 13 heteroatoms. The number of piperazine rings is 1. The molecule has 0 bridgehead atoms. The topological polar surface area (TPSA) is 116 Å². The van der Waals surface area contributed by atoms with Crippen LogP contribution in [0.5, 0.6) is 0 Å². The zero-order chi connectivity index (χ0) is 23.2. The summed E-state index contributed by atoms with van der Waals surface area (Å²) >= 11 is 3.08. The van der Waals surface area contributed by atoms with Crippen LogP contribution in [-0.4, -0.2) is 90.3 Å². The van der Waals surface area contributed by atoms with E-state index >= 15 is 0 Å². The van der Waals surface area contributed by atoms with Crippen LogP contribution >= 0.6 is 23.1 Å². The fourth-order valence-corrected chi connectivity index (χ4v) is 5.15. The maximum absolute atomic E-state index is 12.8. The first-order valence-electron chi connectivity index (χ1n) is 11.3. The van der Waals surface area contributed by atoms with Gasteiger partial charge in [0.15, 0.2) is 5.16 Å². The highest BCUT2D eigenvalue weighted by Crippen LogP contribution is 2.22. The molecule has 178 valence electrons. The lowest BCUT2D eigenvalue weighted by atomic mass is 10.3. The number of rotatable bonds is 10. The van der Waals surface area contributed by atoms with Gasteiger partial charge in [-0.1, -0.05) is 18.7 Å². The lowest BCUT2D eigenvalue weighted by molar-refractivity contribution is -0.130. The minimum atomic E-state index is 0.105. The fraction of sp³-hybridized carbons (Fsp3) is 0.600. The maximum atomic E-state index is 12.8. The fourth-order valence-electron chi connectivity index (χ4n) is 3.58. The molecule has 0 atom stereocenters. The van der Waals surface area contributed by atoms with Crippen molar-refractivity contribution < 1.29 is 4.79 Å². The quantitative estimate of drug-likeness (QED) is 0.408. The van der Waals surface area contributed by atoms with Crippen LogP contribution in [0.15, 0.2) is 10.5 Å². The number of hydrogen-bond acceptors (Lipinski definition) is 11. The predicted molar refractivity (Wildman–Crippen MR) is 131 cm³/mol. The number of amides is 1. The van der Waals surface area contributed by atoms with Gasteiger partial charge in [0.25, 0.3) is 5.78 Å². The Labute approximate surface area is 201 Å². The van der Waals surface area contributed by atoms with Gasteiger partial charge in [0, 0.05) is 51.2 Å². The van der Waals surface area contributed by atoms with Crippen molar-refractivity contribution in [3.8, 4) is 0 Å². The zero-order valence-electron chi connectivity index (χ0n) is 19.2. The van der Waals surface area contributed by atoms with Crippen molar-refractivity contribution >= 4 is 46.7 Å². The van der Waals surface area contributed by atoms with E-state index in [9.17, 15) is 4.79 Å². The standard InChI is InChI=1S/C20H30N10OS2/c1-4-15-23-14(12-32-15)11-28-7-9-29(10-8-28)16(31)13-33-20-27-26-19-25-17(21-5-2)24-18(22-6-3)30(19)20/h12H,4-11,13H2,1-3H3,(H2,21,22,24,25,26). The minimum absolute atomic E-state index is 0.105. The first-order valence-corrected chi connectivity index (χ1v) is 13.1. The number of hydrogen-bond donors (Lipinski definition) is 2. The van der Waals surface area contributed by atoms with Crippen LogP contribution in [0.1, 0.15) is 31.5 Å². The molecule has 4 rings (SSSR count). The molecular weight excluding hydrogens is 460 g/mol. The highest BCUT2D eigenvalue weighted by atomic mass is 32.2. The summed E-state index contributed by atoms with van der Waals surface area (Å²) in [6.07, 6.45) is 0.977. The van der Waals surface area contributed by atoms with Crippen molar-refractivity contribution in [3.05, 3.63) is 16.1 Å². The minimum Gasteiger partial charge on any atom is -0.355 e. The van der Waals surface area contributed by atoms with Crippen molar-refractivity contribution in [2.24, 2.45) is 0 Å². The molecule has 0 radical (unpaired) electrons. The van der Waals surface area contributed by atoms with Gasteiger partial charge in [-0.3, -0.25) is 9.69 Å². The molecule has 0 aliphatic carbocycles. The van der Waals surface area contributed by atoms with Crippen LogP contribution < -0.4 is 10.6 Å². The summed E-state index contributed by atoms with van der Waals surface area (Å²) in [7, 11) is 0. The number of carbonyl (C=O) groups is 1. The van der Waals surface area contributed by atoms with Gasteiger partial charge in [-0.2, -0.15) is 9.97 Å². The first-order chi connectivity index (χ1) is 16.1. The normalized spacial score (nSPS) is 14.7. The molecule has 4 heterocycles. The number of thioether (sulfide) groups is 1. The van der Waals surface area contributed by atoms with E-state index in [1.165, 1.54) is 16.8 Å². The smallest absolute Gasteiger partial charge is 0.261 e. The number of fused-ring (bicyclic) bond motifs is 1. The molecule has 0 saturated carbocycles. The lowest BCUT2D eigenvalue weighted by Gasteiger charge is -2.34. The Bertz CT molecular complexity index is 1080. The monoisotopic (exact) mass is 490 g/mol. The van der Waals surface area contributed by atoms with Gasteiger partial charge in [0.05, 0.1) is 16.5 Å². The third-order valence-electron chi connectivity index (χ3n) is 5.25. The summed E-state index contributed by atoms with van der Waals surface area (Å²) in [5.74, 6) is 1.97. The largest absolute Gasteiger partial charge is 0.355 e. The number of aromatic nitrogens is 6. The molecule has 0 spiro atoms. The number of nitrogens with zero attached hydrogens (tertiary/aromatic N) is 8. The Balaban J connectivity index is 1.33. The lowest BCUT2D eigenvalue weighted by Crippen LogP contribution is -2.48. The van der Waals surface area contributed by atoms with Crippen LogP contribution in [0.2, 0.25) is 0 Å². The van der Waals surface area contributed by atoms with Crippen LogP contribution in [0.3, 0.4) is 0 Å². The van der Waals surface area contributed by atoms with Gasteiger partial charge in [0.1, 0.15) is 0 Å². The van der Waals surface area contributed by atoms with E-state index in [1.807, 2.05) is 18.7 Å². The Hall–Kier alpha value is -2.51. The maximum Gasteiger partial charge on any atom is 0.261 e. The SMILES string of the molecule is CCNc1nc(NCC)n2c(SCC(=O)N3CCN(Cc4csc(CC)n4)CC3)nnc2n1. The Morgan fingerprint density at radius 3 is 2.55 bits per heavy atom. The van der Waals surface area contributed by atoms with E-state index in [-0.39, 0.29) is 5.91 Å². The highest BCUT2D eigenvalue weighted by Gasteiger charge is 2.23. The van der Waals surface area contributed by atoms with Gasteiger partial charge in [-0.05, 0) is 20.3 Å². The average Bonchev–Trinajstić information content (AvgIpc) is 3.45. The van der Waals surface area contributed by atoms with E-state index in [4.69, 9.17) is 0 Å². The molecule has 1 aliphatic heterocycles. The third kappa shape index (κ3) is 5.71. The molecule has 33 heavy (non-hydrogen) atoms. The van der Waals surface area contributed by atoms with Crippen molar-refractivity contribution in [3.63, 3.8) is 0 Å². The Morgan fingerprint density at radius 1 is 1.06 bits per heavy atom. The summed E-state index contributed by atoms with van der Waals surface area (Å²) in [6.45, 7) is 11.5. The molecule has 1 fully saturated rings. The molecule has 2 N–H and O–H groups in total. The van der Waals surface area contributed by atoms with E-state index in [2.05, 4.69) is 53.0 Å². The molecule has 11 nitrogen and oxygen atoms in total. The summed E-state index contributed by atoms with van der Waals surface area (Å²) < 4.78 is 1.76. The average molecular weight is 491 g/mol. The van der Waals surface area contributed by atoms with Crippen LogP contribution in [-0.2, 0) is 17.8 Å². The Kier molecular flexibility index (Phi) is 7.93. The zero-order valence-corrected chi connectivity index (χ0v) is 20.9. The summed E-state index contributed by atoms with van der Waals surface area (Å²) in [6, 6.07) is 0. The summed E-state index contributed by atoms with van der Waals surface area (Å²) in [5.41, 5.74) is 1.13. The second kappa shape index (κ2) is 11.1. The number of thiazole rings is 1. The van der Waals surface area contributed by atoms with Crippen molar-refractivity contribution in [1.82, 2.24) is 39.3 Å². The van der Waals surface area contributed by atoms with Crippen LogP contribution in [0.4, 0.5) is 11.9 Å². The van der Waals surface area contributed by atoms with Gasteiger partial charge in [0.2, 0.25) is 17.8 Å². The van der Waals surface area contributed by atoms with Gasteiger partial charge in [-0.25, -0.2) is 9.38 Å². The summed E-state index contributed by atoms with van der Waals surface area (Å²) in [5, 5.41) is 18.7. The predicted octanol–water partition coefficient (Wildman–Crippen LogP) is 1.84. The van der Waals surface area contributed by atoms with Crippen molar-refractivity contribution in [1.29, 1.82) is 0 Å². The van der Waals surface area contributed by atoms with E-state index < -0.39 is 0 Å². The van der Waals surface area contributed by atoms with Crippen LogP contribution in [0, 0.1) is 0 Å². The first kappa shape index (κ1) is 23.6. The highest BCUT2D eigenvalue weighted by molar-refractivity contribution is 7.99. The Morgan fingerprint density at radius 2 is 1.85 bits per heavy atom. The molecule has 1 amide bonds. The number of anilines is 2. The van der Waals surface area contributed by atoms with Crippen molar-refractivity contribution in [2.75, 3.05) is 55.7 Å². The second-order valence-corrected chi connectivity index (χ2v) is 9.47. The molecule has 3 aromatic heterocycles. The molecule has 1 aliphatic rings. The van der Waals surface area contributed by atoms with E-state index in [0.717, 1.165) is 44.8 Å². The number of carbonyl (C=O) groups excluding carboxylic acids is 1. The molecule has 0 unspecified atom stereocenters. The van der Waals surface area contributed by atoms with Gasteiger partial charge >= 0.3 is 0 Å². The molecular formula is C20H30N10OS2. The number of nitrogens with one attached hydrogen (secondary N) is 2. The third-order valence-corrected chi connectivity index (χ3v) is 7.21. The van der Waals surface area contributed by atoms with Gasteiger partial charge < -0.3 is 15.5 Å². The second-order valence-electron chi connectivity index (χ2n) is 7.58. The van der Waals surface area contributed by atoms with Crippen LogP contribution in [0.25, 0.3) is 5.78 Å². The molecule has 3 aromatic rings. The summed E-state index contributed by atoms with van der Waals surface area (Å²) in [4.78, 5) is 30.7. The van der Waals surface area contributed by atoms with Gasteiger partial charge in [-0.15, -0.1) is 21.5 Å². The van der Waals surface area contributed by atoms with E-state index in [1.54, 1.807) is 15.7 Å². The molecule has 1 saturated heterocycles. The van der Waals surface area contributed by atoms with E-state index in [0.29, 0.717) is 41.7 Å². The van der Waals surface area contributed by atoms with Crippen molar-refractivity contribution in [2.45, 2.75) is 38.9 Å². The number of aryl methyl sites for hydroxylation is 1. The molecule has 0 aromatic carbocycles.